The summed E-state index contributed by atoms with van der Waals surface area (Å²) in [6.45, 7) is 1.43. The lowest BCUT2D eigenvalue weighted by molar-refractivity contribution is -0.116. The first-order valence-corrected chi connectivity index (χ1v) is 9.00. The van der Waals surface area contributed by atoms with Crippen LogP contribution in [0.25, 0.3) is 0 Å². The van der Waals surface area contributed by atoms with Gasteiger partial charge in [0, 0.05) is 36.4 Å². The highest BCUT2D eigenvalue weighted by molar-refractivity contribution is 6.48. The van der Waals surface area contributed by atoms with Crippen molar-refractivity contribution in [1.82, 2.24) is 15.3 Å². The Morgan fingerprint density at radius 1 is 1.30 bits per heavy atom. The number of hydrogen-bond acceptors (Lipinski definition) is 7. The maximum atomic E-state index is 14.2. The molecule has 0 unspecified atom stereocenters. The van der Waals surface area contributed by atoms with Crippen molar-refractivity contribution in [2.75, 3.05) is 12.4 Å². The number of allylic oxidation sites excluding steroid dienone is 3. The maximum Gasteiger partial charge on any atom is 0.251 e. The second-order valence-electron chi connectivity index (χ2n) is 6.34. The van der Waals surface area contributed by atoms with Crippen molar-refractivity contribution in [3.63, 3.8) is 0 Å². The zero-order chi connectivity index (χ0) is 21.7. The largest absolute Gasteiger partial charge is 0.356 e. The fourth-order valence-corrected chi connectivity index (χ4v) is 2.63. The molecule has 1 aliphatic carbocycles. The van der Waals surface area contributed by atoms with Crippen molar-refractivity contribution in [3.8, 4) is 0 Å². The van der Waals surface area contributed by atoms with Crippen molar-refractivity contribution in [2.24, 2.45) is 4.99 Å². The number of benzene rings is 1. The van der Waals surface area contributed by atoms with Gasteiger partial charge in [-0.1, -0.05) is 24.3 Å². The Morgan fingerprint density at radius 3 is 2.83 bits per heavy atom. The van der Waals surface area contributed by atoms with E-state index in [2.05, 4.69) is 25.6 Å². The number of carbonyl (C=O) groups is 3. The van der Waals surface area contributed by atoms with Crippen molar-refractivity contribution in [1.29, 1.82) is 0 Å². The van der Waals surface area contributed by atoms with Crippen molar-refractivity contribution < 1.29 is 18.8 Å². The molecule has 1 heterocycles. The van der Waals surface area contributed by atoms with E-state index in [0.717, 1.165) is 6.20 Å². The summed E-state index contributed by atoms with van der Waals surface area (Å²) in [7, 11) is 1.46. The third-order valence-corrected chi connectivity index (χ3v) is 4.16. The number of aromatic nitrogens is 2. The lowest BCUT2D eigenvalue weighted by atomic mass is 9.98. The van der Waals surface area contributed by atoms with Crippen LogP contribution in [0.5, 0.6) is 0 Å². The first-order valence-electron chi connectivity index (χ1n) is 9.00. The number of nitrogens with one attached hydrogen (secondary N) is 2. The van der Waals surface area contributed by atoms with Gasteiger partial charge in [0.1, 0.15) is 0 Å². The van der Waals surface area contributed by atoms with Crippen LogP contribution in [0.2, 0.25) is 0 Å². The molecule has 0 bridgehead atoms. The number of halogens is 1. The first-order chi connectivity index (χ1) is 14.4. The summed E-state index contributed by atoms with van der Waals surface area (Å²) in [6, 6.07) is 6.53. The molecule has 1 aromatic carbocycles. The molecular weight excluding hydrogens is 389 g/mol. The molecule has 0 saturated carbocycles. The van der Waals surface area contributed by atoms with Crippen molar-refractivity contribution in [3.05, 3.63) is 65.6 Å². The highest BCUT2D eigenvalue weighted by Gasteiger charge is 2.20. The van der Waals surface area contributed by atoms with E-state index in [1.807, 2.05) is 0 Å². The number of anilines is 2. The second kappa shape index (κ2) is 8.99. The summed E-state index contributed by atoms with van der Waals surface area (Å²) in [5.74, 6) is -1.95. The van der Waals surface area contributed by atoms with Crippen LogP contribution in [0.15, 0.2) is 59.3 Å². The van der Waals surface area contributed by atoms with Crippen LogP contribution in [0.1, 0.15) is 23.7 Å². The summed E-state index contributed by atoms with van der Waals surface area (Å²) in [5, 5.41) is 5.20. The summed E-state index contributed by atoms with van der Waals surface area (Å²) < 4.78 is 14.2. The van der Waals surface area contributed by atoms with Gasteiger partial charge in [-0.15, -0.1) is 0 Å². The molecule has 2 N–H and O–H groups in total. The third-order valence-electron chi connectivity index (χ3n) is 4.16. The van der Waals surface area contributed by atoms with Crippen LogP contribution >= 0.6 is 0 Å². The van der Waals surface area contributed by atoms with E-state index in [0.29, 0.717) is 11.3 Å². The molecule has 0 saturated heterocycles. The molecular formula is C21H18FN5O3. The molecule has 1 aromatic heterocycles. The standard InChI is InChI=1S/C21H18FN5O3/c1-12(28)13-5-3-7-15(9-13)25-20-16(22)11-24-21(27-20)26-17-8-4-6-14(19(17)30)10-18(29)23-2/h3-7,9-11H,8H2,1-2H3,(H,23,29)(H,24,25,27). The average Bonchev–Trinajstić information content (AvgIpc) is 2.73. The molecule has 30 heavy (non-hydrogen) atoms. The van der Waals surface area contributed by atoms with E-state index in [1.54, 1.807) is 30.3 Å². The Balaban J connectivity index is 1.88. The topological polar surface area (TPSA) is 113 Å². The molecule has 0 atom stereocenters. The Bertz CT molecular complexity index is 1120. The lowest BCUT2D eigenvalue weighted by Gasteiger charge is -2.10. The molecule has 0 aliphatic heterocycles. The number of hydrogen-bond donors (Lipinski definition) is 2. The minimum absolute atomic E-state index is 0.112. The summed E-state index contributed by atoms with van der Waals surface area (Å²) in [6.07, 6.45) is 5.57. The Kier molecular flexibility index (Phi) is 6.21. The van der Waals surface area contributed by atoms with Crippen LogP contribution in [-0.2, 0) is 9.59 Å². The monoisotopic (exact) mass is 407 g/mol. The summed E-state index contributed by atoms with van der Waals surface area (Å²) in [4.78, 5) is 47.5. The second-order valence-corrected chi connectivity index (χ2v) is 6.34. The van der Waals surface area contributed by atoms with Gasteiger partial charge in [-0.25, -0.2) is 14.4 Å². The molecule has 0 fully saturated rings. The van der Waals surface area contributed by atoms with Crippen LogP contribution < -0.4 is 10.6 Å². The van der Waals surface area contributed by atoms with Gasteiger partial charge < -0.3 is 10.6 Å². The molecule has 8 nitrogen and oxygen atoms in total. The van der Waals surface area contributed by atoms with Gasteiger partial charge in [0.2, 0.25) is 11.7 Å². The molecule has 9 heteroatoms. The van der Waals surface area contributed by atoms with Gasteiger partial charge in [0.25, 0.3) is 5.95 Å². The minimum atomic E-state index is -0.720. The predicted octanol–water partition coefficient (Wildman–Crippen LogP) is 2.84. The maximum absolute atomic E-state index is 14.2. The minimum Gasteiger partial charge on any atom is -0.356 e. The number of Topliss-reactive ketones (excluding diaryl/α,β-unsaturated/α-hetero) is 2. The fourth-order valence-electron chi connectivity index (χ4n) is 2.63. The Hall–Kier alpha value is -4.01. The quantitative estimate of drug-likeness (QED) is 0.582. The number of aliphatic imine (C=N–C) groups is 1. The van der Waals surface area contributed by atoms with Gasteiger partial charge in [-0.3, -0.25) is 14.4 Å². The van der Waals surface area contributed by atoms with Gasteiger partial charge in [-0.2, -0.15) is 4.98 Å². The van der Waals surface area contributed by atoms with Crippen LogP contribution in [-0.4, -0.2) is 40.2 Å². The highest BCUT2D eigenvalue weighted by Crippen LogP contribution is 2.22. The Labute approximate surface area is 171 Å². The van der Waals surface area contributed by atoms with Crippen molar-refractivity contribution in [2.45, 2.75) is 13.3 Å². The zero-order valence-electron chi connectivity index (χ0n) is 16.3. The number of carbonyl (C=O) groups excluding carboxylic acids is 3. The van der Waals surface area contributed by atoms with E-state index in [4.69, 9.17) is 0 Å². The third kappa shape index (κ3) is 4.88. The average molecular weight is 407 g/mol. The van der Waals surface area contributed by atoms with E-state index in [1.165, 1.54) is 26.1 Å². The van der Waals surface area contributed by atoms with E-state index in [-0.39, 0.29) is 35.3 Å². The van der Waals surface area contributed by atoms with Gasteiger partial charge in [-0.05, 0) is 19.1 Å². The lowest BCUT2D eigenvalue weighted by Crippen LogP contribution is -2.22. The van der Waals surface area contributed by atoms with E-state index < -0.39 is 17.5 Å². The smallest absolute Gasteiger partial charge is 0.251 e. The van der Waals surface area contributed by atoms with Gasteiger partial charge in [0.15, 0.2) is 17.4 Å². The Morgan fingerprint density at radius 2 is 2.10 bits per heavy atom. The summed E-state index contributed by atoms with van der Waals surface area (Å²) >= 11 is 0. The van der Waals surface area contributed by atoms with Crippen LogP contribution in [0, 0.1) is 5.82 Å². The van der Waals surface area contributed by atoms with Crippen LogP contribution in [0.4, 0.5) is 21.8 Å². The molecule has 2 aromatic rings. The molecule has 1 aliphatic rings. The SMILES string of the molecule is CNC(=O)C=C1C=CCC(=Nc2ncc(F)c(Nc3cccc(C(C)=O)c3)n2)C1=O. The molecule has 3 rings (SSSR count). The predicted molar refractivity (Wildman–Crippen MR) is 110 cm³/mol. The molecule has 0 radical (unpaired) electrons. The number of ketones is 2. The van der Waals surface area contributed by atoms with E-state index in [9.17, 15) is 18.8 Å². The van der Waals surface area contributed by atoms with E-state index >= 15 is 0 Å². The van der Waals surface area contributed by atoms with Crippen molar-refractivity contribution >= 4 is 40.6 Å². The van der Waals surface area contributed by atoms with Gasteiger partial charge >= 0.3 is 0 Å². The molecule has 0 spiro atoms. The number of rotatable bonds is 5. The van der Waals surface area contributed by atoms with Gasteiger partial charge in [0.05, 0.1) is 11.9 Å². The summed E-state index contributed by atoms with van der Waals surface area (Å²) in [5.41, 5.74) is 1.24. The highest BCUT2D eigenvalue weighted by atomic mass is 19.1. The zero-order valence-corrected chi connectivity index (χ0v) is 16.3. The normalized spacial score (nSPS) is 16.0. The number of amides is 1. The van der Waals surface area contributed by atoms with Crippen LogP contribution in [0.3, 0.4) is 0 Å². The molecule has 1 amide bonds. The fraction of sp³-hybridized carbons (Fsp3) is 0.143. The molecule has 152 valence electrons. The number of nitrogens with zero attached hydrogens (tertiary/aromatic N) is 3. The first kappa shape index (κ1) is 20.7. The number of likely N-dealkylation sites (N-methyl/N-ethyl adjacent to an activating group) is 1.